The molecule has 0 aromatic heterocycles. The molecular formula is C25H24N2O7S. The van der Waals surface area contributed by atoms with Crippen molar-refractivity contribution >= 4 is 35.5 Å². The number of amides is 2. The maximum absolute atomic E-state index is 12.8. The molecule has 2 N–H and O–H groups in total. The van der Waals surface area contributed by atoms with E-state index in [2.05, 4.69) is 5.32 Å². The van der Waals surface area contributed by atoms with Gasteiger partial charge in [-0.05, 0) is 23.3 Å². The van der Waals surface area contributed by atoms with Gasteiger partial charge in [0.05, 0.1) is 6.42 Å². The minimum atomic E-state index is -1.21. The number of benzene rings is 2. The lowest BCUT2D eigenvalue weighted by atomic mass is 10.0. The molecule has 2 amide bonds. The summed E-state index contributed by atoms with van der Waals surface area (Å²) in [5.74, 6) is -1.46. The zero-order valence-corrected chi connectivity index (χ0v) is 19.7. The second-order valence-corrected chi connectivity index (χ2v) is 9.19. The van der Waals surface area contributed by atoms with Gasteiger partial charge >= 0.3 is 11.9 Å². The Morgan fingerprint density at radius 3 is 2.43 bits per heavy atom. The number of rotatable bonds is 9. The summed E-state index contributed by atoms with van der Waals surface area (Å²) in [7, 11) is 0. The van der Waals surface area contributed by atoms with E-state index in [-0.39, 0.29) is 37.2 Å². The Morgan fingerprint density at radius 2 is 1.77 bits per heavy atom. The summed E-state index contributed by atoms with van der Waals surface area (Å²) in [6.45, 7) is 1.49. The summed E-state index contributed by atoms with van der Waals surface area (Å²) in [5.41, 5.74) is 2.00. The molecule has 2 heterocycles. The minimum Gasteiger partial charge on any atom is -0.489 e. The van der Waals surface area contributed by atoms with Crippen molar-refractivity contribution in [3.05, 3.63) is 77.0 Å². The van der Waals surface area contributed by atoms with Crippen LogP contribution in [-0.2, 0) is 36.9 Å². The molecular weight excluding hydrogens is 472 g/mol. The van der Waals surface area contributed by atoms with E-state index in [9.17, 15) is 24.3 Å². The minimum absolute atomic E-state index is 0.000537. The average Bonchev–Trinajstić information content (AvgIpc) is 2.85. The number of aliphatic carboxylic acids is 1. The highest BCUT2D eigenvalue weighted by Gasteiger charge is 2.54. The van der Waals surface area contributed by atoms with E-state index in [0.29, 0.717) is 17.1 Å². The van der Waals surface area contributed by atoms with Crippen LogP contribution in [0.1, 0.15) is 18.1 Å². The molecule has 10 heteroatoms. The molecule has 0 unspecified atom stereocenters. The quantitative estimate of drug-likeness (QED) is 0.400. The fraction of sp³-hybridized carbons (Fsp3) is 0.280. The summed E-state index contributed by atoms with van der Waals surface area (Å²) in [5, 5.41) is 12.1. The number of fused-ring (bicyclic) bond motifs is 1. The number of hydrogen-bond donors (Lipinski definition) is 2. The standard InChI is InChI=1S/C25H24N2O7S/c1-15(28)33-12-17-7-9-19(10-8-17)34-13-18-14-35-24-21(23(30)27(24)22(18)25(31)32)26-20(29)11-16-5-3-2-4-6-16/h2-10,21,24H,11-14H2,1H3,(H,26,29)(H,31,32)/t21-,24-/m0/s1. The molecule has 35 heavy (non-hydrogen) atoms. The number of carboxylic acid groups (broad SMARTS) is 1. The smallest absolute Gasteiger partial charge is 0.352 e. The van der Waals surface area contributed by atoms with E-state index in [4.69, 9.17) is 9.47 Å². The zero-order chi connectivity index (χ0) is 24.9. The van der Waals surface area contributed by atoms with Crippen LogP contribution in [0.25, 0.3) is 0 Å². The number of β-lactam (4-membered cyclic amide) rings is 1. The van der Waals surface area contributed by atoms with Crippen LogP contribution in [0.2, 0.25) is 0 Å². The van der Waals surface area contributed by atoms with Crippen LogP contribution in [0.15, 0.2) is 65.9 Å². The highest BCUT2D eigenvalue weighted by molar-refractivity contribution is 8.00. The Hall–Kier alpha value is -3.79. The maximum Gasteiger partial charge on any atom is 0.352 e. The Balaban J connectivity index is 1.38. The van der Waals surface area contributed by atoms with Gasteiger partial charge in [0.2, 0.25) is 5.91 Å². The third kappa shape index (κ3) is 5.65. The molecule has 0 aliphatic carbocycles. The highest BCUT2D eigenvalue weighted by Crippen LogP contribution is 2.40. The number of nitrogens with zero attached hydrogens (tertiary/aromatic N) is 1. The van der Waals surface area contributed by atoms with Crippen LogP contribution in [-0.4, -0.2) is 57.5 Å². The summed E-state index contributed by atoms with van der Waals surface area (Å²) < 4.78 is 10.7. The van der Waals surface area contributed by atoms with E-state index in [1.54, 1.807) is 24.3 Å². The van der Waals surface area contributed by atoms with Crippen LogP contribution in [0, 0.1) is 0 Å². The summed E-state index contributed by atoms with van der Waals surface area (Å²) in [6, 6.07) is 15.3. The normalized spacial score (nSPS) is 18.9. The molecule has 0 saturated carbocycles. The third-order valence-electron chi connectivity index (χ3n) is 5.55. The van der Waals surface area contributed by atoms with Crippen molar-refractivity contribution in [2.75, 3.05) is 12.4 Å². The van der Waals surface area contributed by atoms with E-state index in [1.807, 2.05) is 30.3 Å². The van der Waals surface area contributed by atoms with Gasteiger partial charge in [0.1, 0.15) is 36.1 Å². The van der Waals surface area contributed by atoms with Crippen LogP contribution in [0.4, 0.5) is 0 Å². The summed E-state index contributed by atoms with van der Waals surface area (Å²) in [6.07, 6.45) is 0.141. The van der Waals surface area contributed by atoms with Gasteiger partial charge in [-0.1, -0.05) is 42.5 Å². The fourth-order valence-corrected chi connectivity index (χ4v) is 5.16. The first-order valence-electron chi connectivity index (χ1n) is 10.9. The second kappa shape index (κ2) is 10.6. The van der Waals surface area contributed by atoms with Crippen molar-refractivity contribution in [1.29, 1.82) is 0 Å². The molecule has 4 rings (SSSR count). The zero-order valence-electron chi connectivity index (χ0n) is 18.9. The average molecular weight is 497 g/mol. The van der Waals surface area contributed by atoms with Crippen molar-refractivity contribution in [3.8, 4) is 5.75 Å². The van der Waals surface area contributed by atoms with Gasteiger partial charge in [0.15, 0.2) is 0 Å². The van der Waals surface area contributed by atoms with Gasteiger partial charge in [-0.25, -0.2) is 4.79 Å². The Labute approximate surface area is 206 Å². The Bertz CT molecular complexity index is 1160. The SMILES string of the molecule is CC(=O)OCc1ccc(OCC2=C(C(=O)O)N3C(=O)[C@H](NC(=O)Cc4ccccc4)[C@@H]3SC2)cc1. The molecule has 0 spiro atoms. The lowest BCUT2D eigenvalue weighted by Gasteiger charge is -2.49. The van der Waals surface area contributed by atoms with Crippen molar-refractivity contribution < 1.29 is 33.8 Å². The number of thioether (sulfide) groups is 1. The first-order chi connectivity index (χ1) is 16.8. The van der Waals surface area contributed by atoms with E-state index >= 15 is 0 Å². The van der Waals surface area contributed by atoms with Gasteiger partial charge in [0.25, 0.3) is 5.91 Å². The number of nitrogens with one attached hydrogen (secondary N) is 1. The lowest BCUT2D eigenvalue weighted by molar-refractivity contribution is -0.150. The fourth-order valence-electron chi connectivity index (χ4n) is 3.84. The number of carboxylic acids is 1. The maximum atomic E-state index is 12.8. The van der Waals surface area contributed by atoms with Gasteiger partial charge in [-0.15, -0.1) is 11.8 Å². The molecule has 0 radical (unpaired) electrons. The van der Waals surface area contributed by atoms with E-state index < -0.39 is 23.3 Å². The summed E-state index contributed by atoms with van der Waals surface area (Å²) in [4.78, 5) is 49.4. The molecule has 2 atom stereocenters. The van der Waals surface area contributed by atoms with Gasteiger partial charge in [-0.3, -0.25) is 19.3 Å². The molecule has 2 aliphatic heterocycles. The van der Waals surface area contributed by atoms with Crippen LogP contribution < -0.4 is 10.1 Å². The number of esters is 1. The van der Waals surface area contributed by atoms with Crippen LogP contribution >= 0.6 is 11.8 Å². The van der Waals surface area contributed by atoms with Crippen molar-refractivity contribution in [1.82, 2.24) is 10.2 Å². The molecule has 182 valence electrons. The molecule has 1 fully saturated rings. The van der Waals surface area contributed by atoms with Crippen LogP contribution in [0.3, 0.4) is 0 Å². The summed E-state index contributed by atoms with van der Waals surface area (Å²) >= 11 is 1.39. The molecule has 0 bridgehead atoms. The largest absolute Gasteiger partial charge is 0.489 e. The molecule has 2 aromatic carbocycles. The molecule has 9 nitrogen and oxygen atoms in total. The number of carbonyl (C=O) groups excluding carboxylic acids is 3. The van der Waals surface area contributed by atoms with Crippen LogP contribution in [0.5, 0.6) is 5.75 Å². The first kappa shape index (κ1) is 24.3. The predicted octanol–water partition coefficient (Wildman–Crippen LogP) is 2.11. The predicted molar refractivity (Wildman–Crippen MR) is 127 cm³/mol. The topological polar surface area (TPSA) is 122 Å². The Morgan fingerprint density at radius 1 is 1.06 bits per heavy atom. The van der Waals surface area contributed by atoms with E-state index in [1.165, 1.54) is 23.6 Å². The van der Waals surface area contributed by atoms with Gasteiger partial charge in [0, 0.05) is 18.2 Å². The number of hydrogen-bond acceptors (Lipinski definition) is 7. The molecule has 1 saturated heterocycles. The van der Waals surface area contributed by atoms with Crippen molar-refractivity contribution in [2.45, 2.75) is 31.4 Å². The van der Waals surface area contributed by atoms with Crippen molar-refractivity contribution in [3.63, 3.8) is 0 Å². The monoisotopic (exact) mass is 496 g/mol. The van der Waals surface area contributed by atoms with Gasteiger partial charge < -0.3 is 19.9 Å². The lowest BCUT2D eigenvalue weighted by Crippen LogP contribution is -2.70. The molecule has 2 aromatic rings. The highest BCUT2D eigenvalue weighted by atomic mass is 32.2. The van der Waals surface area contributed by atoms with Crippen molar-refractivity contribution in [2.24, 2.45) is 0 Å². The first-order valence-corrected chi connectivity index (χ1v) is 12.0. The number of carbonyl (C=O) groups is 4. The molecule has 2 aliphatic rings. The van der Waals surface area contributed by atoms with E-state index in [0.717, 1.165) is 11.1 Å². The number of ether oxygens (including phenoxy) is 2. The third-order valence-corrected chi connectivity index (χ3v) is 6.89. The van der Waals surface area contributed by atoms with Gasteiger partial charge in [-0.2, -0.15) is 0 Å². The second-order valence-electron chi connectivity index (χ2n) is 8.09. The Kier molecular flexibility index (Phi) is 7.40.